The van der Waals surface area contributed by atoms with Crippen molar-refractivity contribution in [3.8, 4) is 0 Å². The van der Waals surface area contributed by atoms with Gasteiger partial charge in [0.2, 0.25) is 0 Å². The molecule has 0 amide bonds. The molecule has 3 rings (SSSR count). The number of rotatable bonds is 6. The molecular weight excluding hydrogens is 363 g/mol. The average molecular weight is 393 g/mol. The van der Waals surface area contributed by atoms with Crippen LogP contribution in [0.1, 0.15) is 18.4 Å². The van der Waals surface area contributed by atoms with E-state index in [-0.39, 0.29) is 11.2 Å². The van der Waals surface area contributed by atoms with Gasteiger partial charge in [-0.3, -0.25) is 0 Å². The Morgan fingerprint density at radius 2 is 1.04 bits per heavy atom. The van der Waals surface area contributed by atoms with Crippen LogP contribution in [0.15, 0.2) is 91.0 Å². The molecule has 0 fully saturated rings. The fraction of sp³-hybridized carbons (Fsp3) is 0.250. The lowest BCUT2D eigenvalue weighted by Gasteiger charge is -2.41. The maximum atomic E-state index is 15.0. The Bertz CT molecular complexity index is 858. The summed E-state index contributed by atoms with van der Waals surface area (Å²) >= 11 is 0. The minimum absolute atomic E-state index is 0.122. The van der Waals surface area contributed by atoms with Crippen molar-refractivity contribution in [2.75, 3.05) is 0 Å². The third-order valence-electron chi connectivity index (χ3n) is 5.36. The van der Waals surface area contributed by atoms with Gasteiger partial charge in [0, 0.05) is 15.9 Å². The first-order valence-electron chi connectivity index (χ1n) is 9.61. The van der Waals surface area contributed by atoms with Crippen molar-refractivity contribution in [3.63, 3.8) is 0 Å². The van der Waals surface area contributed by atoms with Crippen molar-refractivity contribution in [3.05, 3.63) is 96.6 Å². The van der Waals surface area contributed by atoms with Crippen LogP contribution < -0.4 is 10.6 Å². The van der Waals surface area contributed by atoms with E-state index in [1.54, 1.807) is 0 Å². The van der Waals surface area contributed by atoms with Gasteiger partial charge in [-0.15, -0.1) is 0 Å². The van der Waals surface area contributed by atoms with E-state index in [1.165, 1.54) is 5.56 Å². The van der Waals surface area contributed by atoms with Crippen LogP contribution in [-0.4, -0.2) is 13.4 Å². The van der Waals surface area contributed by atoms with Crippen molar-refractivity contribution in [1.29, 1.82) is 0 Å². The summed E-state index contributed by atoms with van der Waals surface area (Å²) in [6.45, 7) is 9.33. The highest BCUT2D eigenvalue weighted by molar-refractivity contribution is 7.81. The van der Waals surface area contributed by atoms with Gasteiger partial charge in [-0.25, -0.2) is 0 Å². The molecule has 1 nitrogen and oxygen atoms in total. The Hall–Kier alpha value is -1.89. The molecule has 0 heterocycles. The largest absolute Gasteiger partial charge is 0.314 e. The molecule has 3 aromatic carbocycles. The molecule has 3 aromatic rings. The molecule has 0 aliphatic heterocycles. The van der Waals surface area contributed by atoms with E-state index in [0.717, 1.165) is 10.6 Å². The van der Waals surface area contributed by atoms with E-state index in [1.807, 2.05) is 42.5 Å². The van der Waals surface area contributed by atoms with E-state index in [0.29, 0.717) is 0 Å². The standard InChI is InChI=1S/C24H29OPSi/c1-20(21-14-8-5-9-15-21)24(27(2,3)4)26(25,22-16-10-6-11-17-22)23-18-12-7-13-19-23/h5-20,24H,1-4H3/t20-,24-/m1/s1. The predicted octanol–water partition coefficient (Wildman–Crippen LogP) is 6.05. The summed E-state index contributed by atoms with van der Waals surface area (Å²) in [6, 6.07) is 30.9. The monoisotopic (exact) mass is 392 g/mol. The maximum Gasteiger partial charge on any atom is 0.144 e. The topological polar surface area (TPSA) is 17.1 Å². The fourth-order valence-electron chi connectivity index (χ4n) is 4.32. The molecule has 0 bridgehead atoms. The van der Waals surface area contributed by atoms with Crippen LogP contribution in [0.25, 0.3) is 0 Å². The van der Waals surface area contributed by atoms with E-state index in [9.17, 15) is 0 Å². The minimum atomic E-state index is -2.82. The lowest BCUT2D eigenvalue weighted by atomic mass is 10.0. The average Bonchev–Trinajstić information content (AvgIpc) is 2.69. The van der Waals surface area contributed by atoms with Gasteiger partial charge in [0.25, 0.3) is 0 Å². The van der Waals surface area contributed by atoms with Gasteiger partial charge in [-0.2, -0.15) is 0 Å². The molecule has 0 aliphatic carbocycles. The van der Waals surface area contributed by atoms with Gasteiger partial charge < -0.3 is 4.57 Å². The molecule has 0 saturated heterocycles. The summed E-state index contributed by atoms with van der Waals surface area (Å²) in [4.78, 5) is 0. The van der Waals surface area contributed by atoms with Gasteiger partial charge in [0.05, 0.1) is 8.07 Å². The molecule has 0 unspecified atom stereocenters. The molecule has 2 atom stereocenters. The van der Waals surface area contributed by atoms with Crippen LogP contribution in [0, 0.1) is 0 Å². The zero-order valence-corrected chi connectivity index (χ0v) is 18.6. The quantitative estimate of drug-likeness (QED) is 0.369. The second-order valence-corrected chi connectivity index (χ2v) is 17.1. The molecule has 0 spiro atoms. The highest BCUT2D eigenvalue weighted by Gasteiger charge is 2.47. The van der Waals surface area contributed by atoms with Crippen LogP contribution >= 0.6 is 7.14 Å². The number of hydrogen-bond donors (Lipinski definition) is 0. The normalized spacial score (nSPS) is 14.5. The highest BCUT2D eigenvalue weighted by Crippen LogP contribution is 2.56. The van der Waals surface area contributed by atoms with Crippen molar-refractivity contribution in [2.24, 2.45) is 0 Å². The number of benzene rings is 3. The summed E-state index contributed by atoms with van der Waals surface area (Å²) in [5, 5.41) is 2.08. The summed E-state index contributed by atoms with van der Waals surface area (Å²) in [7, 11) is -4.61. The third-order valence-corrected chi connectivity index (χ3v) is 14.4. The summed E-state index contributed by atoms with van der Waals surface area (Å²) in [5.41, 5.74) is 1.28. The Kier molecular flexibility index (Phi) is 5.88. The van der Waals surface area contributed by atoms with Gasteiger partial charge >= 0.3 is 0 Å². The Balaban J connectivity index is 2.26. The van der Waals surface area contributed by atoms with Crippen LogP contribution in [0.5, 0.6) is 0 Å². The Morgan fingerprint density at radius 3 is 1.41 bits per heavy atom. The highest BCUT2D eigenvalue weighted by atomic mass is 31.2. The van der Waals surface area contributed by atoms with Crippen molar-refractivity contribution >= 4 is 25.8 Å². The minimum Gasteiger partial charge on any atom is -0.314 e. The van der Waals surface area contributed by atoms with Crippen LogP contribution in [-0.2, 0) is 4.57 Å². The summed E-state index contributed by atoms with van der Waals surface area (Å²) in [6.07, 6.45) is 0. The van der Waals surface area contributed by atoms with E-state index in [4.69, 9.17) is 0 Å². The van der Waals surface area contributed by atoms with E-state index < -0.39 is 15.2 Å². The van der Waals surface area contributed by atoms with Crippen molar-refractivity contribution in [1.82, 2.24) is 0 Å². The summed E-state index contributed by atoms with van der Waals surface area (Å²) in [5.74, 6) is 0.226. The predicted molar refractivity (Wildman–Crippen MR) is 122 cm³/mol. The molecule has 0 aromatic heterocycles. The second kappa shape index (κ2) is 8.00. The third kappa shape index (κ3) is 4.02. The zero-order valence-electron chi connectivity index (χ0n) is 16.7. The lowest BCUT2D eigenvalue weighted by Crippen LogP contribution is -2.46. The Labute approximate surface area is 164 Å². The van der Waals surface area contributed by atoms with E-state index in [2.05, 4.69) is 75.1 Å². The van der Waals surface area contributed by atoms with Gasteiger partial charge in [0.15, 0.2) is 0 Å². The summed E-state index contributed by atoms with van der Waals surface area (Å²) < 4.78 is 15.0. The van der Waals surface area contributed by atoms with Gasteiger partial charge in [-0.05, 0) is 11.5 Å². The molecule has 27 heavy (non-hydrogen) atoms. The first-order valence-corrected chi connectivity index (χ1v) is 15.0. The number of hydrogen-bond acceptors (Lipinski definition) is 1. The van der Waals surface area contributed by atoms with Gasteiger partial charge in [0.1, 0.15) is 7.14 Å². The van der Waals surface area contributed by atoms with Crippen LogP contribution in [0.2, 0.25) is 19.6 Å². The first-order chi connectivity index (χ1) is 12.8. The molecule has 0 aliphatic rings. The van der Waals surface area contributed by atoms with Crippen LogP contribution in [0.4, 0.5) is 0 Å². The smallest absolute Gasteiger partial charge is 0.144 e. The second-order valence-electron chi connectivity index (χ2n) is 8.34. The first kappa shape index (κ1) is 19.9. The zero-order chi connectivity index (χ0) is 19.5. The lowest BCUT2D eigenvalue weighted by molar-refractivity contribution is 0.578. The molecule has 0 N–H and O–H groups in total. The van der Waals surface area contributed by atoms with Crippen LogP contribution in [0.3, 0.4) is 0 Å². The SMILES string of the molecule is C[C@H](c1ccccc1)[C@@H]([Si](C)(C)C)P(=O)(c1ccccc1)c1ccccc1. The van der Waals surface area contributed by atoms with E-state index >= 15 is 4.57 Å². The molecule has 0 radical (unpaired) electrons. The van der Waals surface area contributed by atoms with Crippen molar-refractivity contribution < 1.29 is 4.57 Å². The molecule has 0 saturated carbocycles. The van der Waals surface area contributed by atoms with Crippen molar-refractivity contribution in [2.45, 2.75) is 37.8 Å². The molecule has 140 valence electrons. The molecular formula is C24H29OPSi. The fourth-order valence-corrected chi connectivity index (χ4v) is 14.2. The van der Waals surface area contributed by atoms with Gasteiger partial charge in [-0.1, -0.05) is 118 Å². The Morgan fingerprint density at radius 1 is 0.667 bits per heavy atom. The molecule has 3 heteroatoms. The maximum absolute atomic E-state index is 15.0.